The Bertz CT molecular complexity index is 349. The number of benzene rings is 1. The van der Waals surface area contributed by atoms with Crippen molar-refractivity contribution in [1.82, 2.24) is 0 Å². The second kappa shape index (κ2) is 4.94. The molecule has 0 aromatic heterocycles. The van der Waals surface area contributed by atoms with Gasteiger partial charge in [-0.05, 0) is 34.5 Å². The van der Waals surface area contributed by atoms with Crippen LogP contribution in [0.15, 0.2) is 22.7 Å². The van der Waals surface area contributed by atoms with Crippen LogP contribution >= 0.6 is 27.5 Å². The molecule has 0 saturated carbocycles. The maximum Gasteiger partial charge on any atom is 0.165 e. The zero-order chi connectivity index (χ0) is 10.7. The molecule has 14 heavy (non-hydrogen) atoms. The molecule has 0 saturated heterocycles. The zero-order valence-corrected chi connectivity index (χ0v) is 10.5. The van der Waals surface area contributed by atoms with Gasteiger partial charge in [0.25, 0.3) is 0 Å². The molecule has 0 aliphatic rings. The monoisotopic (exact) mass is 274 g/mol. The number of hydrogen-bond donors (Lipinski definition) is 0. The van der Waals surface area contributed by atoms with Gasteiger partial charge in [0.1, 0.15) is 0 Å². The van der Waals surface area contributed by atoms with E-state index in [0.29, 0.717) is 10.6 Å². The highest BCUT2D eigenvalue weighted by molar-refractivity contribution is 9.10. The Morgan fingerprint density at radius 3 is 2.71 bits per heavy atom. The average Bonchev–Trinajstić information content (AvgIpc) is 2.20. The van der Waals surface area contributed by atoms with Gasteiger partial charge in [-0.25, -0.2) is 0 Å². The molecule has 1 unspecified atom stereocenters. The zero-order valence-electron chi connectivity index (χ0n) is 8.18. The van der Waals surface area contributed by atoms with Gasteiger partial charge in [0.05, 0.1) is 5.02 Å². The summed E-state index contributed by atoms with van der Waals surface area (Å²) in [6.45, 7) is 3.93. The number of halogens is 2. The molecule has 76 valence electrons. The van der Waals surface area contributed by atoms with Crippen molar-refractivity contribution < 1.29 is 4.79 Å². The molecule has 1 rings (SSSR count). The van der Waals surface area contributed by atoms with Crippen LogP contribution in [0.1, 0.15) is 30.6 Å². The Morgan fingerprint density at radius 1 is 1.57 bits per heavy atom. The lowest BCUT2D eigenvalue weighted by Gasteiger charge is -2.07. The van der Waals surface area contributed by atoms with E-state index in [1.165, 1.54) is 0 Å². The van der Waals surface area contributed by atoms with Gasteiger partial charge in [-0.3, -0.25) is 4.79 Å². The summed E-state index contributed by atoms with van der Waals surface area (Å²) in [5.41, 5.74) is 0.688. The first-order valence-corrected chi connectivity index (χ1v) is 5.72. The van der Waals surface area contributed by atoms with Gasteiger partial charge in [-0.2, -0.15) is 0 Å². The summed E-state index contributed by atoms with van der Waals surface area (Å²) in [5, 5.41) is 0.583. The topological polar surface area (TPSA) is 17.1 Å². The molecule has 3 heteroatoms. The summed E-state index contributed by atoms with van der Waals surface area (Å²) < 4.78 is 0.819. The second-order valence-electron chi connectivity index (χ2n) is 3.30. The number of carbonyl (C=O) groups excluding carboxylic acids is 1. The van der Waals surface area contributed by atoms with Gasteiger partial charge in [0.2, 0.25) is 0 Å². The fourth-order valence-corrected chi connectivity index (χ4v) is 1.55. The fourth-order valence-electron chi connectivity index (χ4n) is 1.12. The Hall–Kier alpha value is -0.340. The molecule has 0 radical (unpaired) electrons. The molecule has 1 aromatic carbocycles. The first kappa shape index (κ1) is 11.7. The molecule has 1 aromatic rings. The van der Waals surface area contributed by atoms with E-state index in [2.05, 4.69) is 15.9 Å². The first-order chi connectivity index (χ1) is 6.56. The number of hydrogen-bond acceptors (Lipinski definition) is 1. The van der Waals surface area contributed by atoms with Crippen molar-refractivity contribution in [2.24, 2.45) is 5.92 Å². The van der Waals surface area contributed by atoms with E-state index in [-0.39, 0.29) is 11.7 Å². The first-order valence-electron chi connectivity index (χ1n) is 4.55. The Morgan fingerprint density at radius 2 is 2.21 bits per heavy atom. The number of ketones is 1. The van der Waals surface area contributed by atoms with Gasteiger partial charge in [-0.1, -0.05) is 31.5 Å². The van der Waals surface area contributed by atoms with Crippen molar-refractivity contribution >= 4 is 33.3 Å². The summed E-state index contributed by atoms with van der Waals surface area (Å²) in [6, 6.07) is 5.31. The van der Waals surface area contributed by atoms with E-state index in [1.54, 1.807) is 18.2 Å². The molecule has 0 aliphatic carbocycles. The minimum Gasteiger partial charge on any atom is -0.294 e. The van der Waals surface area contributed by atoms with Crippen LogP contribution in [0.4, 0.5) is 0 Å². The van der Waals surface area contributed by atoms with Crippen LogP contribution in [-0.2, 0) is 0 Å². The third-order valence-corrected chi connectivity index (χ3v) is 3.50. The molecule has 1 atom stereocenters. The van der Waals surface area contributed by atoms with Gasteiger partial charge in [-0.15, -0.1) is 0 Å². The van der Waals surface area contributed by atoms with E-state index in [0.717, 1.165) is 10.9 Å². The SMILES string of the molecule is CCC(C)C(=O)c1ccc(Br)c(Cl)c1. The molecular formula is C11H12BrClO. The highest BCUT2D eigenvalue weighted by Gasteiger charge is 2.13. The summed E-state index contributed by atoms with van der Waals surface area (Å²) >= 11 is 9.20. The van der Waals surface area contributed by atoms with Gasteiger partial charge in [0, 0.05) is 16.0 Å². The van der Waals surface area contributed by atoms with E-state index in [4.69, 9.17) is 11.6 Å². The molecule has 1 nitrogen and oxygen atoms in total. The van der Waals surface area contributed by atoms with Crippen LogP contribution in [0.3, 0.4) is 0 Å². The maximum atomic E-state index is 11.8. The van der Waals surface area contributed by atoms with Crippen LogP contribution in [0.5, 0.6) is 0 Å². The molecule has 0 fully saturated rings. The molecule has 0 spiro atoms. The van der Waals surface area contributed by atoms with E-state index >= 15 is 0 Å². The van der Waals surface area contributed by atoms with Crippen molar-refractivity contribution in [3.63, 3.8) is 0 Å². The van der Waals surface area contributed by atoms with Crippen LogP contribution in [-0.4, -0.2) is 5.78 Å². The Balaban J connectivity index is 2.97. The normalized spacial score (nSPS) is 12.6. The van der Waals surface area contributed by atoms with Gasteiger partial charge >= 0.3 is 0 Å². The minimum absolute atomic E-state index is 0.0623. The lowest BCUT2D eigenvalue weighted by molar-refractivity contribution is 0.0927. The fraction of sp³-hybridized carbons (Fsp3) is 0.364. The van der Waals surface area contributed by atoms with Crippen molar-refractivity contribution in [1.29, 1.82) is 0 Å². The second-order valence-corrected chi connectivity index (χ2v) is 4.56. The summed E-state index contributed by atoms with van der Waals surface area (Å²) in [6.07, 6.45) is 0.854. The van der Waals surface area contributed by atoms with Crippen molar-refractivity contribution in [3.05, 3.63) is 33.3 Å². The predicted molar refractivity (Wildman–Crippen MR) is 62.9 cm³/mol. The van der Waals surface area contributed by atoms with Crippen LogP contribution in [0.25, 0.3) is 0 Å². The molecule has 0 amide bonds. The van der Waals surface area contributed by atoms with Crippen molar-refractivity contribution in [2.75, 3.05) is 0 Å². The number of rotatable bonds is 3. The number of Topliss-reactive ketones (excluding diaryl/α,β-unsaturated/α-hetero) is 1. The number of carbonyl (C=O) groups is 1. The molecular weight excluding hydrogens is 263 g/mol. The largest absolute Gasteiger partial charge is 0.294 e. The average molecular weight is 276 g/mol. The lowest BCUT2D eigenvalue weighted by atomic mass is 9.97. The maximum absolute atomic E-state index is 11.8. The highest BCUT2D eigenvalue weighted by atomic mass is 79.9. The van der Waals surface area contributed by atoms with Crippen LogP contribution in [0, 0.1) is 5.92 Å². The standard InChI is InChI=1S/C11H12BrClO/c1-3-7(2)11(14)8-4-5-9(12)10(13)6-8/h4-7H,3H2,1-2H3. The Labute approximate surface area is 97.6 Å². The van der Waals surface area contributed by atoms with Crippen molar-refractivity contribution in [3.8, 4) is 0 Å². The highest BCUT2D eigenvalue weighted by Crippen LogP contribution is 2.24. The van der Waals surface area contributed by atoms with Crippen LogP contribution < -0.4 is 0 Å². The quantitative estimate of drug-likeness (QED) is 0.750. The smallest absolute Gasteiger partial charge is 0.165 e. The van der Waals surface area contributed by atoms with E-state index < -0.39 is 0 Å². The van der Waals surface area contributed by atoms with Crippen molar-refractivity contribution in [2.45, 2.75) is 20.3 Å². The van der Waals surface area contributed by atoms with E-state index in [1.807, 2.05) is 13.8 Å². The lowest BCUT2D eigenvalue weighted by Crippen LogP contribution is -2.09. The molecule has 0 bridgehead atoms. The van der Waals surface area contributed by atoms with Crippen LogP contribution in [0.2, 0.25) is 5.02 Å². The van der Waals surface area contributed by atoms with Gasteiger partial charge in [0.15, 0.2) is 5.78 Å². The molecule has 0 N–H and O–H groups in total. The summed E-state index contributed by atoms with van der Waals surface area (Å²) in [4.78, 5) is 11.8. The van der Waals surface area contributed by atoms with Gasteiger partial charge < -0.3 is 0 Å². The Kier molecular flexibility index (Phi) is 4.14. The predicted octanol–water partition coefficient (Wildman–Crippen LogP) is 4.33. The third kappa shape index (κ3) is 2.58. The molecule has 0 aliphatic heterocycles. The summed E-state index contributed by atoms with van der Waals surface area (Å²) in [5.74, 6) is 0.217. The minimum atomic E-state index is 0.0623. The van der Waals surface area contributed by atoms with E-state index in [9.17, 15) is 4.79 Å². The summed E-state index contributed by atoms with van der Waals surface area (Å²) in [7, 11) is 0. The third-order valence-electron chi connectivity index (χ3n) is 2.26. The molecule has 0 heterocycles.